The van der Waals surface area contributed by atoms with Crippen molar-refractivity contribution in [3.8, 4) is 0 Å². The van der Waals surface area contributed by atoms with Crippen molar-refractivity contribution in [1.82, 2.24) is 4.72 Å². The molecule has 19 heavy (non-hydrogen) atoms. The predicted octanol–water partition coefficient (Wildman–Crippen LogP) is 2.09. The third-order valence-corrected chi connectivity index (χ3v) is 5.34. The highest BCUT2D eigenvalue weighted by Crippen LogP contribution is 2.33. The molecule has 1 unspecified atom stereocenters. The van der Waals surface area contributed by atoms with E-state index in [1.54, 1.807) is 19.1 Å². The van der Waals surface area contributed by atoms with E-state index >= 15 is 0 Å². The summed E-state index contributed by atoms with van der Waals surface area (Å²) in [5.41, 5.74) is 6.35. The number of hydrogen-bond acceptors (Lipinski definition) is 3. The highest BCUT2D eigenvalue weighted by Gasteiger charge is 2.34. The fourth-order valence-electron chi connectivity index (χ4n) is 1.93. The van der Waals surface area contributed by atoms with E-state index in [4.69, 9.17) is 17.3 Å². The zero-order chi connectivity index (χ0) is 13.3. The summed E-state index contributed by atoms with van der Waals surface area (Å²) in [6, 6.07) is 4.79. The first-order valence-electron chi connectivity index (χ1n) is 5.93. The Morgan fingerprint density at radius 3 is 2.63 bits per heavy atom. The van der Waals surface area contributed by atoms with Crippen LogP contribution in [0.2, 0.25) is 5.02 Å². The monoisotopic (exact) mass is 324 g/mol. The lowest BCUT2D eigenvalue weighted by Gasteiger charge is -2.17. The molecule has 1 fully saturated rings. The maximum absolute atomic E-state index is 12.3. The van der Waals surface area contributed by atoms with Crippen LogP contribution in [0.3, 0.4) is 0 Å². The molecule has 0 amide bonds. The van der Waals surface area contributed by atoms with Gasteiger partial charge in [0.15, 0.2) is 0 Å². The first kappa shape index (κ1) is 16.7. The van der Waals surface area contributed by atoms with Crippen LogP contribution < -0.4 is 10.5 Å². The minimum atomic E-state index is -3.59. The fraction of sp³-hybridized carbons (Fsp3) is 0.500. The second-order valence-corrected chi connectivity index (χ2v) is 6.75. The number of rotatable bonds is 5. The van der Waals surface area contributed by atoms with Gasteiger partial charge in [0.05, 0.1) is 5.02 Å². The smallest absolute Gasteiger partial charge is 0.242 e. The normalized spacial score (nSPS) is 16.8. The second kappa shape index (κ2) is 6.41. The van der Waals surface area contributed by atoms with Gasteiger partial charge in [0.2, 0.25) is 10.0 Å². The zero-order valence-electron chi connectivity index (χ0n) is 10.6. The van der Waals surface area contributed by atoms with E-state index in [2.05, 4.69) is 4.72 Å². The lowest BCUT2D eigenvalue weighted by atomic mass is 10.2. The summed E-state index contributed by atoms with van der Waals surface area (Å²) < 4.78 is 27.2. The average molecular weight is 325 g/mol. The summed E-state index contributed by atoms with van der Waals surface area (Å²) >= 11 is 6.05. The molecule has 0 aromatic heterocycles. The Labute approximate surface area is 125 Å². The topological polar surface area (TPSA) is 72.2 Å². The number of aryl methyl sites for hydroxylation is 1. The zero-order valence-corrected chi connectivity index (χ0v) is 13.0. The Balaban J connectivity index is 0.00000180. The van der Waals surface area contributed by atoms with Gasteiger partial charge in [-0.3, -0.25) is 0 Å². The van der Waals surface area contributed by atoms with Crippen LogP contribution >= 0.6 is 24.0 Å². The van der Waals surface area contributed by atoms with E-state index in [0.717, 1.165) is 18.4 Å². The molecular weight excluding hydrogens is 307 g/mol. The number of benzene rings is 1. The molecule has 1 aliphatic rings. The molecule has 0 aliphatic heterocycles. The molecule has 0 radical (unpaired) electrons. The van der Waals surface area contributed by atoms with Crippen LogP contribution in [0.4, 0.5) is 0 Å². The number of hydrogen-bond donors (Lipinski definition) is 2. The van der Waals surface area contributed by atoms with Crippen molar-refractivity contribution < 1.29 is 8.42 Å². The SMILES string of the molecule is Cc1cccc(S(=O)(=O)NC(CN)C2CC2)c1Cl.Cl. The van der Waals surface area contributed by atoms with Crippen LogP contribution in [0.5, 0.6) is 0 Å². The Bertz CT molecular complexity index is 545. The van der Waals surface area contributed by atoms with Gasteiger partial charge < -0.3 is 5.73 Å². The number of sulfonamides is 1. The molecular formula is C12H18Cl2N2O2S. The summed E-state index contributed by atoms with van der Waals surface area (Å²) in [5.74, 6) is 0.369. The number of nitrogens with one attached hydrogen (secondary N) is 1. The quantitative estimate of drug-likeness (QED) is 0.871. The molecule has 7 heteroatoms. The molecule has 108 valence electrons. The second-order valence-electron chi connectivity index (χ2n) is 4.69. The largest absolute Gasteiger partial charge is 0.329 e. The van der Waals surface area contributed by atoms with E-state index < -0.39 is 10.0 Å². The van der Waals surface area contributed by atoms with Crippen molar-refractivity contribution in [3.05, 3.63) is 28.8 Å². The first-order valence-corrected chi connectivity index (χ1v) is 7.79. The summed E-state index contributed by atoms with van der Waals surface area (Å²) in [6.07, 6.45) is 2.07. The maximum atomic E-state index is 12.3. The van der Waals surface area contributed by atoms with Crippen molar-refractivity contribution in [3.63, 3.8) is 0 Å². The highest BCUT2D eigenvalue weighted by molar-refractivity contribution is 7.89. The summed E-state index contributed by atoms with van der Waals surface area (Å²) in [7, 11) is -3.59. The minimum Gasteiger partial charge on any atom is -0.329 e. The summed E-state index contributed by atoms with van der Waals surface area (Å²) in [4.78, 5) is 0.128. The molecule has 1 aromatic rings. The van der Waals surface area contributed by atoms with E-state index in [-0.39, 0.29) is 28.4 Å². The van der Waals surface area contributed by atoms with Gasteiger partial charge >= 0.3 is 0 Å². The number of halogens is 2. The van der Waals surface area contributed by atoms with Gasteiger partial charge in [-0.2, -0.15) is 0 Å². The molecule has 1 aliphatic carbocycles. The molecule has 4 nitrogen and oxygen atoms in total. The molecule has 1 saturated carbocycles. The molecule has 2 rings (SSSR count). The number of nitrogens with two attached hydrogens (primary N) is 1. The summed E-state index contributed by atoms with van der Waals surface area (Å²) in [6.45, 7) is 2.09. The van der Waals surface area contributed by atoms with Gasteiger partial charge in [0, 0.05) is 12.6 Å². The predicted molar refractivity (Wildman–Crippen MR) is 79.3 cm³/mol. The van der Waals surface area contributed by atoms with Crippen LogP contribution in [-0.2, 0) is 10.0 Å². The minimum absolute atomic E-state index is 0. The Hall–Kier alpha value is -0.330. The molecule has 0 heterocycles. The lowest BCUT2D eigenvalue weighted by molar-refractivity contribution is 0.519. The molecule has 0 saturated heterocycles. The van der Waals surface area contributed by atoms with Gasteiger partial charge in [0.1, 0.15) is 4.90 Å². The average Bonchev–Trinajstić information content (AvgIpc) is 3.13. The van der Waals surface area contributed by atoms with Gasteiger partial charge in [-0.05, 0) is 37.3 Å². The van der Waals surface area contributed by atoms with Crippen LogP contribution in [0.15, 0.2) is 23.1 Å². The van der Waals surface area contributed by atoms with Crippen LogP contribution in [0.1, 0.15) is 18.4 Å². The first-order chi connectivity index (χ1) is 8.45. The summed E-state index contributed by atoms with van der Waals surface area (Å²) in [5, 5.41) is 0.275. The molecule has 0 bridgehead atoms. The van der Waals surface area contributed by atoms with E-state index in [1.165, 1.54) is 6.07 Å². The van der Waals surface area contributed by atoms with Crippen molar-refractivity contribution >= 4 is 34.0 Å². The third kappa shape index (κ3) is 3.83. The molecule has 1 aromatic carbocycles. The van der Waals surface area contributed by atoms with E-state index in [9.17, 15) is 8.42 Å². The van der Waals surface area contributed by atoms with Crippen molar-refractivity contribution in [1.29, 1.82) is 0 Å². The van der Waals surface area contributed by atoms with Gasteiger partial charge in [0.25, 0.3) is 0 Å². The van der Waals surface area contributed by atoms with Crippen molar-refractivity contribution in [2.75, 3.05) is 6.54 Å². The van der Waals surface area contributed by atoms with Gasteiger partial charge in [-0.1, -0.05) is 23.7 Å². The molecule has 0 spiro atoms. The Kier molecular flexibility index (Phi) is 5.65. The third-order valence-electron chi connectivity index (χ3n) is 3.20. The lowest BCUT2D eigenvalue weighted by Crippen LogP contribution is -2.41. The Morgan fingerprint density at radius 1 is 1.47 bits per heavy atom. The van der Waals surface area contributed by atoms with Crippen LogP contribution in [0, 0.1) is 12.8 Å². The van der Waals surface area contributed by atoms with Crippen LogP contribution in [-0.4, -0.2) is 21.0 Å². The standard InChI is InChI=1S/C12H17ClN2O2S.ClH/c1-8-3-2-4-11(12(8)13)18(16,17)15-10(7-14)9-5-6-9;/h2-4,9-10,15H,5-7,14H2,1H3;1H. The maximum Gasteiger partial charge on any atom is 0.242 e. The van der Waals surface area contributed by atoms with Crippen molar-refractivity contribution in [2.24, 2.45) is 11.7 Å². The molecule has 1 atom stereocenters. The van der Waals surface area contributed by atoms with Crippen molar-refractivity contribution in [2.45, 2.75) is 30.7 Å². The van der Waals surface area contributed by atoms with Gasteiger partial charge in [-0.15, -0.1) is 12.4 Å². The Morgan fingerprint density at radius 2 is 2.11 bits per heavy atom. The van der Waals surface area contributed by atoms with Gasteiger partial charge in [-0.25, -0.2) is 13.1 Å². The van der Waals surface area contributed by atoms with E-state index in [0.29, 0.717) is 12.5 Å². The molecule has 3 N–H and O–H groups in total. The van der Waals surface area contributed by atoms with E-state index in [1.807, 2.05) is 0 Å². The fourth-order valence-corrected chi connectivity index (χ4v) is 3.83. The highest BCUT2D eigenvalue weighted by atomic mass is 35.5. The van der Waals surface area contributed by atoms with Crippen LogP contribution in [0.25, 0.3) is 0 Å².